The molecule has 3 atom stereocenters. The number of rotatable bonds is 6. The van der Waals surface area contributed by atoms with Crippen LogP contribution in [0.25, 0.3) is 0 Å². The Bertz CT molecular complexity index is 589. The van der Waals surface area contributed by atoms with Crippen molar-refractivity contribution >= 4 is 18.3 Å². The second-order valence-electron chi connectivity index (χ2n) is 6.35. The molecule has 1 aliphatic rings. The maximum atomic E-state index is 12.7. The van der Waals surface area contributed by atoms with Gasteiger partial charge in [0.15, 0.2) is 0 Å². The van der Waals surface area contributed by atoms with Crippen LogP contribution in [0.5, 0.6) is 0 Å². The van der Waals surface area contributed by atoms with E-state index in [0.717, 1.165) is 18.3 Å². The summed E-state index contributed by atoms with van der Waals surface area (Å²) >= 11 is 0. The summed E-state index contributed by atoms with van der Waals surface area (Å²) in [5.41, 5.74) is 0.875. The Balaban J connectivity index is 2.15. The second kappa shape index (κ2) is 9.20. The van der Waals surface area contributed by atoms with Gasteiger partial charge in [-0.2, -0.15) is 0 Å². The summed E-state index contributed by atoms with van der Waals surface area (Å²) in [6.45, 7) is 2.17. The number of amides is 1. The van der Waals surface area contributed by atoms with Crippen LogP contribution in [0.15, 0.2) is 30.3 Å². The first-order valence-electron chi connectivity index (χ1n) is 8.59. The monoisotopic (exact) mass is 347 g/mol. The Morgan fingerprint density at radius 1 is 1.24 bits per heavy atom. The first kappa shape index (κ1) is 19.0. The lowest BCUT2D eigenvalue weighted by molar-refractivity contribution is -0.150. The van der Waals surface area contributed by atoms with Crippen molar-refractivity contribution in [3.63, 3.8) is 0 Å². The molecule has 25 heavy (non-hydrogen) atoms. The minimum absolute atomic E-state index is 0.138. The molecule has 1 heterocycles. The van der Waals surface area contributed by atoms with Crippen LogP contribution in [0.4, 0.5) is 4.79 Å². The van der Waals surface area contributed by atoms with Crippen LogP contribution in [-0.4, -0.2) is 42.4 Å². The van der Waals surface area contributed by atoms with Gasteiger partial charge in [-0.25, -0.2) is 9.59 Å². The normalized spacial score (nSPS) is 23.0. The molecule has 0 radical (unpaired) electrons. The van der Waals surface area contributed by atoms with E-state index in [1.165, 1.54) is 12.0 Å². The van der Waals surface area contributed by atoms with Crippen LogP contribution in [0.3, 0.4) is 0 Å². The largest absolute Gasteiger partial charge is 0.467 e. The first-order chi connectivity index (χ1) is 12.1. The minimum Gasteiger partial charge on any atom is -0.467 e. The molecule has 0 saturated carbocycles. The number of esters is 1. The van der Waals surface area contributed by atoms with Crippen LogP contribution in [-0.2, 0) is 25.7 Å². The maximum Gasteiger partial charge on any atom is 0.411 e. The predicted molar refractivity (Wildman–Crippen MR) is 91.8 cm³/mol. The van der Waals surface area contributed by atoms with E-state index >= 15 is 0 Å². The molecule has 1 amide bonds. The van der Waals surface area contributed by atoms with Crippen LogP contribution in [0.2, 0.25) is 0 Å². The van der Waals surface area contributed by atoms with E-state index in [1.54, 1.807) is 0 Å². The van der Waals surface area contributed by atoms with E-state index in [2.05, 4.69) is 0 Å². The third-order valence-corrected chi connectivity index (χ3v) is 4.71. The Morgan fingerprint density at radius 3 is 2.60 bits per heavy atom. The smallest absolute Gasteiger partial charge is 0.411 e. The predicted octanol–water partition coefficient (Wildman–Crippen LogP) is 2.94. The fourth-order valence-electron chi connectivity index (χ4n) is 3.34. The Hall–Kier alpha value is -2.37. The van der Waals surface area contributed by atoms with Gasteiger partial charge in [-0.3, -0.25) is 4.90 Å². The molecule has 6 heteroatoms. The molecule has 0 aliphatic carbocycles. The molecular weight excluding hydrogens is 322 g/mol. The van der Waals surface area contributed by atoms with Gasteiger partial charge < -0.3 is 14.3 Å². The molecule has 1 aromatic carbocycles. The zero-order valence-corrected chi connectivity index (χ0v) is 14.7. The number of hydrogen-bond acceptors (Lipinski definition) is 5. The van der Waals surface area contributed by atoms with Gasteiger partial charge in [0.05, 0.1) is 7.11 Å². The molecule has 1 fully saturated rings. The minimum atomic E-state index is -0.666. The highest BCUT2D eigenvalue weighted by molar-refractivity contribution is 5.82. The van der Waals surface area contributed by atoms with Gasteiger partial charge in [0.25, 0.3) is 0 Å². The SMILES string of the molecule is COC(=O)[C@@H]1CC[C@H](C)[C@H](CCC=O)N1C(=O)OCc1ccccc1. The zero-order valence-electron chi connectivity index (χ0n) is 14.7. The van der Waals surface area contributed by atoms with Gasteiger partial charge in [-0.15, -0.1) is 0 Å². The van der Waals surface area contributed by atoms with Gasteiger partial charge in [-0.05, 0) is 30.7 Å². The van der Waals surface area contributed by atoms with Gasteiger partial charge in [0.2, 0.25) is 0 Å². The van der Waals surface area contributed by atoms with E-state index in [4.69, 9.17) is 9.47 Å². The molecule has 0 spiro atoms. The van der Waals surface area contributed by atoms with Gasteiger partial charge in [-0.1, -0.05) is 37.3 Å². The Morgan fingerprint density at radius 2 is 1.96 bits per heavy atom. The number of ether oxygens (including phenoxy) is 2. The molecule has 0 unspecified atom stereocenters. The van der Waals surface area contributed by atoms with Gasteiger partial charge in [0.1, 0.15) is 18.9 Å². The highest BCUT2D eigenvalue weighted by Crippen LogP contribution is 2.32. The van der Waals surface area contributed by atoms with Crippen LogP contribution < -0.4 is 0 Å². The summed E-state index contributed by atoms with van der Waals surface area (Å²) in [6.07, 6.45) is 2.48. The average Bonchev–Trinajstić information content (AvgIpc) is 2.65. The summed E-state index contributed by atoms with van der Waals surface area (Å²) in [4.78, 5) is 37.1. The van der Waals surface area contributed by atoms with E-state index in [9.17, 15) is 14.4 Å². The van der Waals surface area contributed by atoms with Crippen LogP contribution >= 0.6 is 0 Å². The summed E-state index contributed by atoms with van der Waals surface area (Å²) in [5, 5.41) is 0. The first-order valence-corrected chi connectivity index (χ1v) is 8.59. The number of carbonyl (C=O) groups is 3. The summed E-state index contributed by atoms with van der Waals surface area (Å²) in [6, 6.07) is 8.49. The summed E-state index contributed by atoms with van der Waals surface area (Å²) in [7, 11) is 1.31. The molecular formula is C19H25NO5. The Labute approximate surface area is 148 Å². The molecule has 0 N–H and O–H groups in total. The summed E-state index contributed by atoms with van der Waals surface area (Å²) in [5.74, 6) is -0.259. The highest BCUT2D eigenvalue weighted by atomic mass is 16.6. The van der Waals surface area contributed by atoms with Crippen molar-refractivity contribution in [1.82, 2.24) is 4.90 Å². The number of nitrogens with zero attached hydrogens (tertiary/aromatic N) is 1. The van der Waals surface area contributed by atoms with Crippen molar-refractivity contribution in [3.05, 3.63) is 35.9 Å². The number of piperidine rings is 1. The topological polar surface area (TPSA) is 72.9 Å². The quantitative estimate of drug-likeness (QED) is 0.584. The molecule has 0 aromatic heterocycles. The van der Waals surface area contributed by atoms with E-state index in [1.807, 2.05) is 37.3 Å². The van der Waals surface area contributed by atoms with Gasteiger partial charge >= 0.3 is 12.1 Å². The van der Waals surface area contributed by atoms with Crippen molar-refractivity contribution in [2.24, 2.45) is 5.92 Å². The average molecular weight is 347 g/mol. The van der Waals surface area contributed by atoms with Crippen LogP contribution in [0.1, 0.15) is 38.2 Å². The number of likely N-dealkylation sites (tertiary alicyclic amines) is 1. The number of carbonyl (C=O) groups excluding carboxylic acids is 3. The lowest BCUT2D eigenvalue weighted by atomic mass is 9.84. The standard InChI is InChI=1S/C19H25NO5/c1-14-10-11-17(18(22)24-2)20(16(14)9-6-12-21)19(23)25-13-15-7-4-3-5-8-15/h3-5,7-8,12,14,16-17H,6,9-11,13H2,1-2H3/t14-,16-,17-/m0/s1. The highest BCUT2D eigenvalue weighted by Gasteiger charge is 2.42. The summed E-state index contributed by atoms with van der Waals surface area (Å²) < 4.78 is 10.3. The molecule has 6 nitrogen and oxygen atoms in total. The third-order valence-electron chi connectivity index (χ3n) is 4.71. The van der Waals surface area contributed by atoms with Crippen molar-refractivity contribution in [2.45, 2.75) is 51.3 Å². The fourth-order valence-corrected chi connectivity index (χ4v) is 3.34. The van der Waals surface area contributed by atoms with E-state index in [0.29, 0.717) is 19.3 Å². The maximum absolute atomic E-state index is 12.7. The van der Waals surface area contributed by atoms with E-state index in [-0.39, 0.29) is 18.6 Å². The molecule has 1 aliphatic heterocycles. The number of methoxy groups -OCH3 is 1. The number of hydrogen-bond donors (Lipinski definition) is 0. The molecule has 1 aromatic rings. The second-order valence-corrected chi connectivity index (χ2v) is 6.35. The molecule has 1 saturated heterocycles. The van der Waals surface area contributed by atoms with Gasteiger partial charge in [0, 0.05) is 12.5 Å². The lowest BCUT2D eigenvalue weighted by Gasteiger charge is -2.43. The Kier molecular flexibility index (Phi) is 6.98. The zero-order chi connectivity index (χ0) is 18.2. The van der Waals surface area contributed by atoms with Crippen molar-refractivity contribution in [2.75, 3.05) is 7.11 Å². The number of aldehydes is 1. The molecule has 0 bridgehead atoms. The molecule has 136 valence electrons. The van der Waals surface area contributed by atoms with E-state index < -0.39 is 18.1 Å². The third kappa shape index (κ3) is 4.81. The molecule has 2 rings (SSSR count). The fraction of sp³-hybridized carbons (Fsp3) is 0.526. The lowest BCUT2D eigenvalue weighted by Crippen LogP contribution is -2.56. The number of benzene rings is 1. The van der Waals surface area contributed by atoms with Crippen molar-refractivity contribution in [3.8, 4) is 0 Å². The van der Waals surface area contributed by atoms with Crippen molar-refractivity contribution < 1.29 is 23.9 Å². The van der Waals surface area contributed by atoms with Crippen LogP contribution in [0, 0.1) is 5.92 Å². The van der Waals surface area contributed by atoms with Crippen molar-refractivity contribution in [1.29, 1.82) is 0 Å².